The first-order valence-corrected chi connectivity index (χ1v) is 6.84. The molecule has 2 aliphatic carbocycles. The number of aromatic amines is 1. The minimum Gasteiger partial charge on any atom is -0.326 e. The van der Waals surface area contributed by atoms with Crippen molar-refractivity contribution >= 4 is 0 Å². The standard InChI is InChI=1S/C16H20N2O/c1-4-12-11-7-9(2)8-16(12,17)13-5-6-14(19)18-15(13)10(11)3/h4-7,10-11H,8,17H2,1-3H3,(H,18,19)/t10-,11-,16+/m0/s1. The number of H-pyrrole nitrogens is 1. The molecule has 3 N–H and O–H groups in total. The van der Waals surface area contributed by atoms with Gasteiger partial charge in [0.15, 0.2) is 0 Å². The molecule has 1 heterocycles. The lowest BCUT2D eigenvalue weighted by atomic mass is 9.60. The normalized spacial score (nSPS) is 34.9. The highest BCUT2D eigenvalue weighted by Crippen LogP contribution is 2.52. The molecule has 3 nitrogen and oxygen atoms in total. The van der Waals surface area contributed by atoms with Crippen molar-refractivity contribution in [2.75, 3.05) is 0 Å². The Morgan fingerprint density at radius 2 is 2.21 bits per heavy atom. The van der Waals surface area contributed by atoms with E-state index in [-0.39, 0.29) is 11.5 Å². The van der Waals surface area contributed by atoms with Crippen molar-refractivity contribution in [3.05, 3.63) is 57.0 Å². The van der Waals surface area contributed by atoms with Gasteiger partial charge in [-0.3, -0.25) is 4.79 Å². The van der Waals surface area contributed by atoms with Gasteiger partial charge in [-0.1, -0.05) is 24.6 Å². The fourth-order valence-corrected chi connectivity index (χ4v) is 3.83. The summed E-state index contributed by atoms with van der Waals surface area (Å²) in [5, 5.41) is 0. The zero-order chi connectivity index (χ0) is 13.8. The number of nitrogens with one attached hydrogen (secondary N) is 1. The fraction of sp³-hybridized carbons (Fsp3) is 0.438. The maximum Gasteiger partial charge on any atom is 0.248 e. The second-order valence-electron chi connectivity index (χ2n) is 5.87. The van der Waals surface area contributed by atoms with Crippen LogP contribution in [0, 0.1) is 5.92 Å². The Balaban J connectivity index is 2.34. The molecule has 0 unspecified atom stereocenters. The molecule has 0 aromatic carbocycles. The molecule has 100 valence electrons. The van der Waals surface area contributed by atoms with Crippen molar-refractivity contribution in [1.82, 2.24) is 4.98 Å². The molecular formula is C16H20N2O. The van der Waals surface area contributed by atoms with Gasteiger partial charge in [-0.25, -0.2) is 0 Å². The number of allylic oxidation sites excluding steroid dienone is 2. The average Bonchev–Trinajstić information content (AvgIpc) is 2.35. The molecule has 0 fully saturated rings. The summed E-state index contributed by atoms with van der Waals surface area (Å²) in [5.74, 6) is 0.566. The van der Waals surface area contributed by atoms with Crippen LogP contribution in [0.4, 0.5) is 0 Å². The highest BCUT2D eigenvalue weighted by Gasteiger charge is 2.46. The monoisotopic (exact) mass is 256 g/mol. The van der Waals surface area contributed by atoms with E-state index in [0.717, 1.165) is 17.7 Å². The molecule has 3 heteroatoms. The quantitative estimate of drug-likeness (QED) is 0.701. The summed E-state index contributed by atoms with van der Waals surface area (Å²) >= 11 is 0. The van der Waals surface area contributed by atoms with Crippen LogP contribution in [0.1, 0.15) is 44.4 Å². The van der Waals surface area contributed by atoms with Gasteiger partial charge in [0.2, 0.25) is 5.56 Å². The Morgan fingerprint density at radius 1 is 1.47 bits per heavy atom. The summed E-state index contributed by atoms with van der Waals surface area (Å²) in [7, 11) is 0. The Hall–Kier alpha value is -1.61. The van der Waals surface area contributed by atoms with Gasteiger partial charge in [-0.15, -0.1) is 0 Å². The fourth-order valence-electron chi connectivity index (χ4n) is 3.83. The summed E-state index contributed by atoms with van der Waals surface area (Å²) < 4.78 is 0. The van der Waals surface area contributed by atoms with Crippen LogP contribution in [0.15, 0.2) is 40.2 Å². The van der Waals surface area contributed by atoms with E-state index in [4.69, 9.17) is 5.73 Å². The number of aromatic nitrogens is 1. The van der Waals surface area contributed by atoms with E-state index < -0.39 is 5.54 Å². The minimum absolute atomic E-state index is 0.0445. The Bertz CT molecular complexity index is 653. The minimum atomic E-state index is -0.454. The summed E-state index contributed by atoms with van der Waals surface area (Å²) in [5.41, 5.74) is 10.9. The van der Waals surface area contributed by atoms with Crippen LogP contribution >= 0.6 is 0 Å². The molecule has 2 aliphatic rings. The van der Waals surface area contributed by atoms with Gasteiger partial charge in [0.1, 0.15) is 0 Å². The van der Waals surface area contributed by atoms with E-state index in [2.05, 4.69) is 37.9 Å². The lowest BCUT2D eigenvalue weighted by Crippen LogP contribution is -2.49. The van der Waals surface area contributed by atoms with E-state index in [0.29, 0.717) is 5.92 Å². The largest absolute Gasteiger partial charge is 0.326 e. The Morgan fingerprint density at radius 3 is 2.89 bits per heavy atom. The average molecular weight is 256 g/mol. The summed E-state index contributed by atoms with van der Waals surface area (Å²) in [4.78, 5) is 14.6. The van der Waals surface area contributed by atoms with Crippen molar-refractivity contribution < 1.29 is 0 Å². The number of nitrogens with two attached hydrogens (primary N) is 1. The predicted molar refractivity (Wildman–Crippen MR) is 77.0 cm³/mol. The molecule has 1 aromatic heterocycles. The SMILES string of the molecule is CC=C1[C@H]2C=C(C)C[C@]1(N)c1ccc(=O)[nH]c1[C@H]2C. The molecule has 3 atom stereocenters. The number of pyridine rings is 1. The van der Waals surface area contributed by atoms with Gasteiger partial charge < -0.3 is 10.7 Å². The first kappa shape index (κ1) is 12.4. The molecule has 1 aromatic rings. The number of hydrogen-bond donors (Lipinski definition) is 2. The lowest BCUT2D eigenvalue weighted by molar-refractivity contribution is 0.376. The van der Waals surface area contributed by atoms with E-state index in [1.54, 1.807) is 6.07 Å². The van der Waals surface area contributed by atoms with Crippen molar-refractivity contribution in [3.63, 3.8) is 0 Å². The van der Waals surface area contributed by atoms with Crippen LogP contribution in [-0.4, -0.2) is 4.98 Å². The van der Waals surface area contributed by atoms with Crippen molar-refractivity contribution in [2.24, 2.45) is 11.7 Å². The molecule has 0 saturated heterocycles. The number of fused-ring (bicyclic) bond motifs is 4. The molecule has 2 bridgehead atoms. The van der Waals surface area contributed by atoms with E-state index in [9.17, 15) is 4.79 Å². The van der Waals surface area contributed by atoms with Gasteiger partial charge in [-0.2, -0.15) is 0 Å². The third kappa shape index (κ3) is 1.58. The third-order valence-corrected chi connectivity index (χ3v) is 4.63. The predicted octanol–water partition coefficient (Wildman–Crippen LogP) is 2.56. The molecule has 0 radical (unpaired) electrons. The maximum atomic E-state index is 11.6. The van der Waals surface area contributed by atoms with Crippen LogP contribution in [-0.2, 0) is 5.54 Å². The molecule has 0 spiro atoms. The van der Waals surface area contributed by atoms with E-state index >= 15 is 0 Å². The van der Waals surface area contributed by atoms with Crippen LogP contribution in [0.2, 0.25) is 0 Å². The van der Waals surface area contributed by atoms with E-state index in [1.807, 2.05) is 6.07 Å². The number of rotatable bonds is 0. The van der Waals surface area contributed by atoms with Crippen molar-refractivity contribution in [3.8, 4) is 0 Å². The second-order valence-corrected chi connectivity index (χ2v) is 5.87. The summed E-state index contributed by atoms with van der Waals surface area (Å²) in [6, 6.07) is 3.49. The molecule has 0 saturated carbocycles. The first-order valence-electron chi connectivity index (χ1n) is 6.84. The lowest BCUT2D eigenvalue weighted by Gasteiger charge is -2.48. The molecule has 3 rings (SSSR count). The van der Waals surface area contributed by atoms with Gasteiger partial charge in [0.05, 0.1) is 5.54 Å². The van der Waals surface area contributed by atoms with E-state index in [1.165, 1.54) is 11.1 Å². The van der Waals surface area contributed by atoms with Crippen LogP contribution in [0.25, 0.3) is 0 Å². The highest BCUT2D eigenvalue weighted by atomic mass is 16.1. The van der Waals surface area contributed by atoms with Crippen LogP contribution in [0.3, 0.4) is 0 Å². The zero-order valence-corrected chi connectivity index (χ0v) is 11.7. The second kappa shape index (κ2) is 3.94. The Kier molecular flexibility index (Phi) is 2.58. The van der Waals surface area contributed by atoms with Crippen LogP contribution in [0.5, 0.6) is 0 Å². The molecule has 19 heavy (non-hydrogen) atoms. The molecule has 0 aliphatic heterocycles. The van der Waals surface area contributed by atoms with Gasteiger partial charge in [0, 0.05) is 23.6 Å². The first-order chi connectivity index (χ1) is 8.97. The third-order valence-electron chi connectivity index (χ3n) is 4.63. The summed E-state index contributed by atoms with van der Waals surface area (Å²) in [6.45, 7) is 6.36. The van der Waals surface area contributed by atoms with Gasteiger partial charge in [-0.05, 0) is 37.5 Å². The van der Waals surface area contributed by atoms with Crippen molar-refractivity contribution in [2.45, 2.75) is 38.6 Å². The smallest absolute Gasteiger partial charge is 0.248 e. The maximum absolute atomic E-state index is 11.6. The zero-order valence-electron chi connectivity index (χ0n) is 11.7. The topological polar surface area (TPSA) is 58.9 Å². The van der Waals surface area contributed by atoms with Gasteiger partial charge >= 0.3 is 0 Å². The summed E-state index contributed by atoms with van der Waals surface area (Å²) in [6.07, 6.45) is 5.28. The van der Waals surface area contributed by atoms with Gasteiger partial charge in [0.25, 0.3) is 0 Å². The number of hydrogen-bond acceptors (Lipinski definition) is 2. The molecule has 0 amide bonds. The Labute approximate surface area is 113 Å². The highest BCUT2D eigenvalue weighted by molar-refractivity contribution is 5.50. The van der Waals surface area contributed by atoms with Crippen molar-refractivity contribution in [1.29, 1.82) is 0 Å². The molecular weight excluding hydrogens is 236 g/mol. The van der Waals surface area contributed by atoms with Crippen LogP contribution < -0.4 is 11.3 Å².